The lowest BCUT2D eigenvalue weighted by Gasteiger charge is -2.39. The van der Waals surface area contributed by atoms with E-state index in [-0.39, 0.29) is 36.3 Å². The van der Waals surface area contributed by atoms with Gasteiger partial charge in [0.05, 0.1) is 18.6 Å². The lowest BCUT2D eigenvalue weighted by Crippen LogP contribution is -2.58. The minimum Gasteiger partial charge on any atom is -0.497 e. The number of hydrogen-bond acceptors (Lipinski definition) is 8. The van der Waals surface area contributed by atoms with E-state index in [0.29, 0.717) is 34.7 Å². The summed E-state index contributed by atoms with van der Waals surface area (Å²) in [5.74, 6) is 1.46. The van der Waals surface area contributed by atoms with Gasteiger partial charge in [-0.3, -0.25) is 9.59 Å². The number of anilines is 1. The number of carbonyl (C=O) groups is 2. The molecule has 10 nitrogen and oxygen atoms in total. The summed E-state index contributed by atoms with van der Waals surface area (Å²) < 4.78 is 39.0. The average molecular weight is 599 g/mol. The topological polar surface area (TPSA) is 118 Å². The van der Waals surface area contributed by atoms with E-state index in [2.05, 4.69) is 10.3 Å². The molecule has 1 atom stereocenters. The molecule has 2 heterocycles. The lowest BCUT2D eigenvalue weighted by molar-refractivity contribution is -0.142. The number of carbonyl (C=O) groups excluding carboxylic acids is 2. The minimum atomic E-state index is -3.93. The van der Waals surface area contributed by atoms with Crippen molar-refractivity contribution < 1.29 is 27.5 Å². The molecule has 2 aromatic carbocycles. The zero-order valence-electron chi connectivity index (χ0n) is 22.9. The first-order valence-corrected chi connectivity index (χ1v) is 16.1. The molecular weight excluding hydrogens is 564 g/mol. The Kier molecular flexibility index (Phi) is 9.21. The highest BCUT2D eigenvalue weighted by molar-refractivity contribution is 7.89. The van der Waals surface area contributed by atoms with Crippen molar-refractivity contribution in [3.05, 3.63) is 60.1 Å². The molecule has 2 aliphatic rings. The number of nitrogens with zero attached hydrogens (tertiary/aromatic N) is 3. The van der Waals surface area contributed by atoms with Crippen molar-refractivity contribution in [2.45, 2.75) is 49.5 Å². The Morgan fingerprint density at radius 1 is 1.02 bits per heavy atom. The maximum atomic E-state index is 13.4. The van der Waals surface area contributed by atoms with Crippen LogP contribution >= 0.6 is 11.3 Å². The van der Waals surface area contributed by atoms with Gasteiger partial charge < -0.3 is 19.7 Å². The lowest BCUT2D eigenvalue weighted by atomic mass is 9.84. The van der Waals surface area contributed by atoms with Gasteiger partial charge >= 0.3 is 0 Å². The van der Waals surface area contributed by atoms with Crippen molar-refractivity contribution in [2.24, 2.45) is 5.92 Å². The molecule has 1 N–H and O–H groups in total. The van der Waals surface area contributed by atoms with E-state index in [4.69, 9.17) is 9.47 Å². The van der Waals surface area contributed by atoms with E-state index in [9.17, 15) is 18.0 Å². The highest BCUT2D eigenvalue weighted by Crippen LogP contribution is 2.31. The van der Waals surface area contributed by atoms with Crippen LogP contribution < -0.4 is 14.8 Å². The van der Waals surface area contributed by atoms with Crippen LogP contribution in [0.5, 0.6) is 17.2 Å². The first-order valence-electron chi connectivity index (χ1n) is 13.8. The monoisotopic (exact) mass is 598 g/mol. The smallest absolute Gasteiger partial charge is 0.248 e. The van der Waals surface area contributed by atoms with Gasteiger partial charge in [-0.2, -0.15) is 4.31 Å². The molecule has 1 unspecified atom stereocenters. The fourth-order valence-electron chi connectivity index (χ4n) is 5.40. The summed E-state index contributed by atoms with van der Waals surface area (Å²) in [6.45, 7) is -0.0819. The normalized spacial score (nSPS) is 17.7. The molecule has 5 rings (SSSR count). The van der Waals surface area contributed by atoms with Crippen molar-refractivity contribution in [3.63, 3.8) is 0 Å². The molecule has 2 fully saturated rings. The Hall–Kier alpha value is -3.48. The predicted molar refractivity (Wildman–Crippen MR) is 156 cm³/mol. The van der Waals surface area contributed by atoms with E-state index in [1.54, 1.807) is 60.0 Å². The molecule has 0 radical (unpaired) electrons. The van der Waals surface area contributed by atoms with E-state index in [0.717, 1.165) is 25.7 Å². The molecular formula is C29H34N4O6S2. The summed E-state index contributed by atoms with van der Waals surface area (Å²) in [4.78, 5) is 32.5. The van der Waals surface area contributed by atoms with Crippen LogP contribution in [0.3, 0.4) is 0 Å². The van der Waals surface area contributed by atoms with Crippen LogP contribution in [0, 0.1) is 5.92 Å². The third-order valence-corrected chi connectivity index (χ3v) is 10.1. The molecule has 0 bridgehead atoms. The van der Waals surface area contributed by atoms with E-state index < -0.39 is 16.1 Å². The third-order valence-electron chi connectivity index (χ3n) is 7.60. The molecule has 1 saturated heterocycles. The second-order valence-corrected chi connectivity index (χ2v) is 13.1. The zero-order valence-corrected chi connectivity index (χ0v) is 24.5. The fourth-order valence-corrected chi connectivity index (χ4v) is 7.31. The number of piperazine rings is 1. The van der Waals surface area contributed by atoms with Gasteiger partial charge in [-0.05, 0) is 60.9 Å². The van der Waals surface area contributed by atoms with Gasteiger partial charge in [0, 0.05) is 24.7 Å². The number of rotatable bonds is 10. The predicted octanol–water partition coefficient (Wildman–Crippen LogP) is 4.75. The first-order chi connectivity index (χ1) is 19.8. The van der Waals surface area contributed by atoms with E-state index >= 15 is 0 Å². The van der Waals surface area contributed by atoms with Crippen LogP contribution in [0.15, 0.2) is 65.0 Å². The largest absolute Gasteiger partial charge is 0.497 e. The SMILES string of the molecule is COc1ccc(Oc2ccc(S(=O)(=O)N3CCN(C(CC4CCCCC4)C(=O)Nc4nccs4)C(=O)C3)cc2)cc1. The highest BCUT2D eigenvalue weighted by Gasteiger charge is 2.39. The van der Waals surface area contributed by atoms with E-state index in [1.165, 1.54) is 34.2 Å². The number of nitrogens with one attached hydrogen (secondary N) is 1. The standard InChI is InChI=1S/C29H34N4O6S2/c1-38-22-7-9-23(10-8-22)39-24-11-13-25(14-12-24)41(36,37)32-16-17-33(27(34)20-32)26(19-21-5-3-2-4-6-21)28(35)31-29-30-15-18-40-29/h7-15,18,21,26H,2-6,16-17,19-20H2,1H3,(H,30,31,35). The molecule has 1 aliphatic carbocycles. The summed E-state index contributed by atoms with van der Waals surface area (Å²) in [7, 11) is -2.34. The van der Waals surface area contributed by atoms with Crippen LogP contribution in [-0.4, -0.2) is 67.2 Å². The van der Waals surface area contributed by atoms with Crippen molar-refractivity contribution in [1.29, 1.82) is 0 Å². The number of benzene rings is 2. The van der Waals surface area contributed by atoms with Gasteiger partial charge in [-0.15, -0.1) is 11.3 Å². The number of hydrogen-bond donors (Lipinski definition) is 1. The molecule has 0 spiro atoms. The van der Waals surface area contributed by atoms with Crippen molar-refractivity contribution in [3.8, 4) is 17.2 Å². The average Bonchev–Trinajstić information content (AvgIpc) is 3.50. The zero-order chi connectivity index (χ0) is 28.8. The maximum Gasteiger partial charge on any atom is 0.248 e. The quantitative estimate of drug-likeness (QED) is 0.358. The summed E-state index contributed by atoms with van der Waals surface area (Å²) in [5, 5.41) is 5.11. The van der Waals surface area contributed by atoms with Gasteiger partial charge in [0.25, 0.3) is 0 Å². The van der Waals surface area contributed by atoms with Crippen LogP contribution in [-0.2, 0) is 19.6 Å². The Morgan fingerprint density at radius 3 is 2.29 bits per heavy atom. The fraction of sp³-hybridized carbons (Fsp3) is 0.414. The van der Waals surface area contributed by atoms with Crippen molar-refractivity contribution >= 4 is 38.3 Å². The number of aromatic nitrogens is 1. The van der Waals surface area contributed by atoms with Crippen LogP contribution in [0.2, 0.25) is 0 Å². The molecule has 1 saturated carbocycles. The number of sulfonamides is 1. The molecule has 218 valence electrons. The summed E-state index contributed by atoms with van der Waals surface area (Å²) in [5.41, 5.74) is 0. The molecule has 1 aromatic heterocycles. The number of ether oxygens (including phenoxy) is 2. The first kappa shape index (κ1) is 29.0. The summed E-state index contributed by atoms with van der Waals surface area (Å²) in [6.07, 6.45) is 7.67. The molecule has 2 amide bonds. The summed E-state index contributed by atoms with van der Waals surface area (Å²) >= 11 is 1.32. The number of methoxy groups -OCH3 is 1. The highest BCUT2D eigenvalue weighted by atomic mass is 32.2. The molecule has 1 aliphatic heterocycles. The molecule has 12 heteroatoms. The Morgan fingerprint density at radius 2 is 1.68 bits per heavy atom. The number of thiazole rings is 1. The Balaban J connectivity index is 1.25. The van der Waals surface area contributed by atoms with Crippen LogP contribution in [0.1, 0.15) is 38.5 Å². The molecule has 3 aromatic rings. The second-order valence-electron chi connectivity index (χ2n) is 10.3. The van der Waals surface area contributed by atoms with Crippen molar-refractivity contribution in [2.75, 3.05) is 32.1 Å². The van der Waals surface area contributed by atoms with Gasteiger partial charge in [-0.25, -0.2) is 13.4 Å². The van der Waals surface area contributed by atoms with Crippen LogP contribution in [0.4, 0.5) is 5.13 Å². The van der Waals surface area contributed by atoms with E-state index in [1.807, 2.05) is 0 Å². The van der Waals surface area contributed by atoms with Crippen molar-refractivity contribution in [1.82, 2.24) is 14.2 Å². The van der Waals surface area contributed by atoms with Gasteiger partial charge in [0.2, 0.25) is 21.8 Å². The third kappa shape index (κ3) is 7.06. The van der Waals surface area contributed by atoms with Crippen LogP contribution in [0.25, 0.3) is 0 Å². The number of amides is 2. The van der Waals surface area contributed by atoms with Gasteiger partial charge in [0.1, 0.15) is 23.3 Å². The Labute approximate surface area is 244 Å². The minimum absolute atomic E-state index is 0.0705. The second kappa shape index (κ2) is 13.0. The van der Waals surface area contributed by atoms with Gasteiger partial charge in [0.15, 0.2) is 5.13 Å². The van der Waals surface area contributed by atoms with Gasteiger partial charge in [-0.1, -0.05) is 32.1 Å². The summed E-state index contributed by atoms with van der Waals surface area (Å²) in [6, 6.07) is 12.5. The Bertz CT molecular complexity index is 1420. The maximum absolute atomic E-state index is 13.4. The molecule has 41 heavy (non-hydrogen) atoms.